The fourth-order valence-corrected chi connectivity index (χ4v) is 3.10. The predicted molar refractivity (Wildman–Crippen MR) is 94.3 cm³/mol. The molecule has 0 bridgehead atoms. The molecule has 0 aromatic heterocycles. The minimum atomic E-state index is -2.08. The van der Waals surface area contributed by atoms with E-state index in [1.165, 1.54) is 17.6 Å². The Morgan fingerprint density at radius 3 is 2.58 bits per heavy atom. The van der Waals surface area contributed by atoms with Crippen LogP contribution in [0.25, 0.3) is 0 Å². The third kappa shape index (κ3) is 4.26. The lowest BCUT2D eigenvalue weighted by Crippen LogP contribution is -2.38. The summed E-state index contributed by atoms with van der Waals surface area (Å²) >= 11 is 1.39. The van der Waals surface area contributed by atoms with Crippen molar-refractivity contribution in [3.63, 3.8) is 0 Å². The molecule has 2 aromatic carbocycles. The molecule has 0 aliphatic carbocycles. The molecule has 6 heteroatoms. The standard InChI is InChI=1S/C18H19BO4S/c1-3-14(23-24-15-7-4-12(2)5-8-15)10-13-6-9-16-17(11-13)22-18(19,20)21-16/h4-9,11,14,20H,3,10H2,1-2H3/t14-,18?/m0/s1. The van der Waals surface area contributed by atoms with Crippen LogP contribution in [-0.2, 0) is 10.6 Å². The van der Waals surface area contributed by atoms with Crippen LogP contribution in [0.3, 0.4) is 0 Å². The molecule has 4 nitrogen and oxygen atoms in total. The quantitative estimate of drug-likeness (QED) is 0.642. The van der Waals surface area contributed by atoms with Gasteiger partial charge in [0.15, 0.2) is 11.5 Å². The number of hydrogen-bond acceptors (Lipinski definition) is 5. The first-order chi connectivity index (χ1) is 11.4. The van der Waals surface area contributed by atoms with Crippen molar-refractivity contribution in [2.75, 3.05) is 0 Å². The fourth-order valence-electron chi connectivity index (χ4n) is 2.41. The van der Waals surface area contributed by atoms with Gasteiger partial charge in [-0.05, 0) is 43.2 Å². The number of benzene rings is 2. The van der Waals surface area contributed by atoms with E-state index in [4.69, 9.17) is 21.5 Å². The normalized spacial score (nSPS) is 20.1. The van der Waals surface area contributed by atoms with Gasteiger partial charge in [0, 0.05) is 23.4 Å². The number of ether oxygens (including phenoxy) is 2. The van der Waals surface area contributed by atoms with E-state index < -0.39 is 5.87 Å². The van der Waals surface area contributed by atoms with Crippen molar-refractivity contribution in [3.8, 4) is 11.5 Å². The molecule has 2 radical (unpaired) electrons. The summed E-state index contributed by atoms with van der Waals surface area (Å²) in [5, 5.41) is 9.57. The lowest BCUT2D eigenvalue weighted by atomic mass is 10.1. The third-order valence-corrected chi connectivity index (χ3v) is 4.57. The molecule has 0 spiro atoms. The molecular weight excluding hydrogens is 323 g/mol. The number of aryl methyl sites for hydroxylation is 1. The third-order valence-electron chi connectivity index (χ3n) is 3.74. The minimum absolute atomic E-state index is 0.0634. The maximum Gasteiger partial charge on any atom is 0.302 e. The van der Waals surface area contributed by atoms with Gasteiger partial charge in [-0.1, -0.05) is 30.7 Å². The molecule has 2 atom stereocenters. The molecule has 124 valence electrons. The highest BCUT2D eigenvalue weighted by Gasteiger charge is 2.33. The molecule has 0 saturated heterocycles. The van der Waals surface area contributed by atoms with Crippen molar-refractivity contribution in [1.82, 2.24) is 0 Å². The SMILES string of the molecule is [B]C1(O)Oc2ccc(C[C@H](CC)OSc3ccc(C)cc3)cc2O1. The second-order valence-corrected chi connectivity index (χ2v) is 6.67. The summed E-state index contributed by atoms with van der Waals surface area (Å²) in [5.74, 6) is -1.20. The highest BCUT2D eigenvalue weighted by molar-refractivity contribution is 7.94. The van der Waals surface area contributed by atoms with E-state index in [0.717, 1.165) is 23.3 Å². The van der Waals surface area contributed by atoms with Crippen LogP contribution < -0.4 is 9.47 Å². The van der Waals surface area contributed by atoms with E-state index >= 15 is 0 Å². The second kappa shape index (κ2) is 7.09. The highest BCUT2D eigenvalue weighted by Crippen LogP contribution is 2.38. The van der Waals surface area contributed by atoms with Crippen molar-refractivity contribution < 1.29 is 18.8 Å². The first-order valence-corrected chi connectivity index (χ1v) is 8.61. The van der Waals surface area contributed by atoms with Crippen LogP contribution in [0.15, 0.2) is 47.4 Å². The number of fused-ring (bicyclic) bond motifs is 1. The van der Waals surface area contributed by atoms with Gasteiger partial charge >= 0.3 is 5.87 Å². The van der Waals surface area contributed by atoms with Crippen molar-refractivity contribution in [1.29, 1.82) is 0 Å². The van der Waals surface area contributed by atoms with E-state index in [9.17, 15) is 5.11 Å². The maximum absolute atomic E-state index is 9.57. The molecule has 1 N–H and O–H groups in total. The van der Waals surface area contributed by atoms with Gasteiger partial charge in [-0.15, -0.1) is 0 Å². The van der Waals surface area contributed by atoms with Crippen molar-refractivity contribution in [2.45, 2.75) is 43.6 Å². The maximum atomic E-state index is 9.57. The van der Waals surface area contributed by atoms with E-state index in [2.05, 4.69) is 38.1 Å². The molecule has 1 aliphatic heterocycles. The number of rotatable bonds is 6. The minimum Gasteiger partial charge on any atom is -0.435 e. The van der Waals surface area contributed by atoms with Gasteiger partial charge in [0.2, 0.25) is 7.85 Å². The zero-order valence-corrected chi connectivity index (χ0v) is 14.5. The Morgan fingerprint density at radius 1 is 1.17 bits per heavy atom. The summed E-state index contributed by atoms with van der Waals surface area (Å²) < 4.78 is 16.2. The number of aliphatic hydroxyl groups is 1. The van der Waals surface area contributed by atoms with Gasteiger partial charge in [0.05, 0.1) is 6.10 Å². The summed E-state index contributed by atoms with van der Waals surface area (Å²) in [6, 6.07) is 13.7. The lowest BCUT2D eigenvalue weighted by Gasteiger charge is -2.15. The summed E-state index contributed by atoms with van der Waals surface area (Å²) in [4.78, 5) is 1.08. The largest absolute Gasteiger partial charge is 0.435 e. The summed E-state index contributed by atoms with van der Waals surface area (Å²) in [6.07, 6.45) is 1.68. The van der Waals surface area contributed by atoms with Crippen LogP contribution in [0.1, 0.15) is 24.5 Å². The Kier molecular flexibility index (Phi) is 5.08. The first-order valence-electron chi connectivity index (χ1n) is 7.87. The molecule has 1 aliphatic rings. The molecule has 0 fully saturated rings. The van der Waals surface area contributed by atoms with Crippen LogP contribution in [0.2, 0.25) is 0 Å². The lowest BCUT2D eigenvalue weighted by molar-refractivity contribution is -0.178. The van der Waals surface area contributed by atoms with Gasteiger partial charge in [-0.3, -0.25) is 0 Å². The summed E-state index contributed by atoms with van der Waals surface area (Å²) in [5.41, 5.74) is 2.26. The molecular formula is C18H19BO4S. The van der Waals surface area contributed by atoms with E-state index in [0.29, 0.717) is 11.5 Å². The molecule has 2 aromatic rings. The highest BCUT2D eigenvalue weighted by atomic mass is 32.2. The van der Waals surface area contributed by atoms with Gasteiger partial charge in [-0.2, -0.15) is 0 Å². The monoisotopic (exact) mass is 342 g/mol. The Bertz CT molecular complexity index is 703. The van der Waals surface area contributed by atoms with Gasteiger partial charge < -0.3 is 18.8 Å². The second-order valence-electron chi connectivity index (χ2n) is 5.84. The Balaban J connectivity index is 1.60. The average Bonchev–Trinajstić information content (AvgIpc) is 2.86. The first kappa shape index (κ1) is 17.2. The van der Waals surface area contributed by atoms with Crippen LogP contribution in [0.5, 0.6) is 11.5 Å². The fraction of sp³-hybridized carbons (Fsp3) is 0.333. The van der Waals surface area contributed by atoms with Crippen molar-refractivity contribution in [2.24, 2.45) is 0 Å². The zero-order valence-electron chi connectivity index (χ0n) is 13.7. The molecule has 24 heavy (non-hydrogen) atoms. The summed E-state index contributed by atoms with van der Waals surface area (Å²) in [7, 11) is 5.41. The van der Waals surface area contributed by atoms with Crippen molar-refractivity contribution in [3.05, 3.63) is 53.6 Å². The van der Waals surface area contributed by atoms with Gasteiger partial charge in [0.25, 0.3) is 0 Å². The van der Waals surface area contributed by atoms with Gasteiger partial charge in [0.1, 0.15) is 0 Å². The predicted octanol–water partition coefficient (Wildman–Crippen LogP) is 3.58. The smallest absolute Gasteiger partial charge is 0.302 e. The van der Waals surface area contributed by atoms with Gasteiger partial charge in [-0.25, -0.2) is 0 Å². The van der Waals surface area contributed by atoms with E-state index in [1.54, 1.807) is 6.07 Å². The molecule has 3 rings (SSSR count). The van der Waals surface area contributed by atoms with Crippen LogP contribution in [-0.4, -0.2) is 24.9 Å². The Morgan fingerprint density at radius 2 is 1.88 bits per heavy atom. The number of hydrogen-bond donors (Lipinski definition) is 1. The molecule has 1 unspecified atom stereocenters. The average molecular weight is 342 g/mol. The van der Waals surface area contributed by atoms with Crippen LogP contribution >= 0.6 is 12.0 Å². The molecule has 0 amide bonds. The molecule has 1 heterocycles. The van der Waals surface area contributed by atoms with E-state index in [1.807, 2.05) is 12.1 Å². The topological polar surface area (TPSA) is 47.9 Å². The Hall–Kier alpha value is -1.63. The van der Waals surface area contributed by atoms with Crippen LogP contribution in [0.4, 0.5) is 0 Å². The zero-order chi connectivity index (χ0) is 17.2. The van der Waals surface area contributed by atoms with Crippen molar-refractivity contribution >= 4 is 19.9 Å². The van der Waals surface area contributed by atoms with E-state index in [-0.39, 0.29) is 6.10 Å². The van der Waals surface area contributed by atoms with Crippen LogP contribution in [0, 0.1) is 6.92 Å². The molecule has 0 saturated carbocycles. The Labute approximate surface area is 147 Å². The summed E-state index contributed by atoms with van der Waals surface area (Å²) in [6.45, 7) is 4.15.